The summed E-state index contributed by atoms with van der Waals surface area (Å²) < 4.78 is 11.2. The summed E-state index contributed by atoms with van der Waals surface area (Å²) in [6, 6.07) is 3.89. The molecule has 0 atom stereocenters. The summed E-state index contributed by atoms with van der Waals surface area (Å²) in [6.07, 6.45) is 0.326. The van der Waals surface area contributed by atoms with E-state index < -0.39 is 9.61 Å². The van der Waals surface area contributed by atoms with Crippen LogP contribution in [0.4, 0.5) is 4.39 Å². The minimum absolute atomic E-state index is 0.0486. The van der Waals surface area contributed by atoms with Gasteiger partial charge in [-0.1, -0.05) is 46.9 Å². The zero-order chi connectivity index (χ0) is 10.1. The van der Waals surface area contributed by atoms with E-state index in [0.717, 1.165) is 6.07 Å². The fraction of sp³-hybridized carbons (Fsp3) is 0.125. The number of hydrogen-bond donors (Lipinski definition) is 0. The van der Waals surface area contributed by atoms with Crippen molar-refractivity contribution in [1.82, 2.24) is 0 Å². The van der Waals surface area contributed by atoms with Crippen LogP contribution in [0, 0.1) is 5.82 Å². The molecule has 1 rings (SSSR count). The molecule has 0 amide bonds. The Kier molecular flexibility index (Phi) is 3.17. The highest BCUT2D eigenvalue weighted by Crippen LogP contribution is 2.39. The van der Waals surface area contributed by atoms with Crippen LogP contribution in [-0.4, -0.2) is 6.29 Å². The van der Waals surface area contributed by atoms with Gasteiger partial charge in [0.15, 0.2) is 6.29 Å². The highest BCUT2D eigenvalue weighted by Gasteiger charge is 2.27. The van der Waals surface area contributed by atoms with Crippen LogP contribution in [0.1, 0.15) is 15.9 Å². The summed E-state index contributed by atoms with van der Waals surface area (Å²) in [5.74, 6) is -0.696. The molecule has 13 heavy (non-hydrogen) atoms. The highest BCUT2D eigenvalue weighted by atomic mass is 35.6. The molecule has 0 bridgehead atoms. The van der Waals surface area contributed by atoms with E-state index in [4.69, 9.17) is 34.8 Å². The van der Waals surface area contributed by atoms with Gasteiger partial charge >= 0.3 is 0 Å². The fourth-order valence-electron chi connectivity index (χ4n) is 0.904. The second-order valence-electron chi connectivity index (χ2n) is 2.32. The SMILES string of the molecule is O=Cc1c(F)cccc1C(Cl)(Cl)Cl. The van der Waals surface area contributed by atoms with Gasteiger partial charge in [0, 0.05) is 5.56 Å². The summed E-state index contributed by atoms with van der Waals surface area (Å²) in [5, 5.41) is 0. The van der Waals surface area contributed by atoms with Crippen molar-refractivity contribution >= 4 is 41.1 Å². The fourth-order valence-corrected chi connectivity index (χ4v) is 1.40. The van der Waals surface area contributed by atoms with E-state index in [1.54, 1.807) is 0 Å². The molecule has 0 unspecified atom stereocenters. The molecule has 1 aromatic carbocycles. The van der Waals surface area contributed by atoms with E-state index in [1.165, 1.54) is 12.1 Å². The molecular formula is C8H4Cl3FO. The molecule has 0 radical (unpaired) electrons. The van der Waals surface area contributed by atoms with Gasteiger partial charge in [-0.3, -0.25) is 4.79 Å². The predicted molar refractivity (Wildman–Crippen MR) is 51.0 cm³/mol. The van der Waals surface area contributed by atoms with E-state index in [2.05, 4.69) is 0 Å². The topological polar surface area (TPSA) is 17.1 Å². The molecule has 0 aliphatic rings. The molecular weight excluding hydrogens is 237 g/mol. The van der Waals surface area contributed by atoms with Crippen LogP contribution in [0.2, 0.25) is 0 Å². The minimum atomic E-state index is -1.78. The summed E-state index contributed by atoms with van der Waals surface area (Å²) in [6.45, 7) is 0. The van der Waals surface area contributed by atoms with Gasteiger partial charge in [-0.05, 0) is 6.07 Å². The van der Waals surface area contributed by atoms with Gasteiger partial charge in [-0.2, -0.15) is 0 Å². The second-order valence-corrected chi connectivity index (χ2v) is 4.60. The Morgan fingerprint density at radius 3 is 2.31 bits per heavy atom. The predicted octanol–water partition coefficient (Wildman–Crippen LogP) is 3.46. The summed E-state index contributed by atoms with van der Waals surface area (Å²) in [7, 11) is 0. The highest BCUT2D eigenvalue weighted by molar-refractivity contribution is 6.66. The lowest BCUT2D eigenvalue weighted by atomic mass is 10.1. The Morgan fingerprint density at radius 1 is 1.31 bits per heavy atom. The number of carbonyl (C=O) groups is 1. The van der Waals surface area contributed by atoms with E-state index in [9.17, 15) is 9.18 Å². The number of alkyl halides is 3. The molecule has 1 aromatic rings. The smallest absolute Gasteiger partial charge is 0.216 e. The molecule has 0 saturated carbocycles. The first-order valence-electron chi connectivity index (χ1n) is 3.27. The third-order valence-corrected chi connectivity index (χ3v) is 2.09. The largest absolute Gasteiger partial charge is 0.298 e. The second kappa shape index (κ2) is 3.82. The van der Waals surface area contributed by atoms with Crippen molar-refractivity contribution in [2.24, 2.45) is 0 Å². The van der Waals surface area contributed by atoms with Crippen LogP contribution >= 0.6 is 34.8 Å². The van der Waals surface area contributed by atoms with Gasteiger partial charge in [0.05, 0.1) is 5.56 Å². The molecule has 0 aliphatic heterocycles. The van der Waals surface area contributed by atoms with Gasteiger partial charge < -0.3 is 0 Å². The van der Waals surface area contributed by atoms with Crippen molar-refractivity contribution < 1.29 is 9.18 Å². The summed E-state index contributed by atoms with van der Waals surface area (Å²) >= 11 is 16.6. The number of halogens is 4. The van der Waals surface area contributed by atoms with Gasteiger partial charge in [0.25, 0.3) is 0 Å². The lowest BCUT2D eigenvalue weighted by Crippen LogP contribution is -2.06. The first-order chi connectivity index (χ1) is 5.96. The third-order valence-electron chi connectivity index (χ3n) is 1.48. The van der Waals surface area contributed by atoms with Crippen LogP contribution in [0.25, 0.3) is 0 Å². The maximum absolute atomic E-state index is 13.0. The van der Waals surface area contributed by atoms with Crippen LogP contribution in [-0.2, 0) is 3.79 Å². The normalized spacial score (nSPS) is 11.4. The molecule has 0 saturated heterocycles. The summed E-state index contributed by atoms with van der Waals surface area (Å²) in [5.41, 5.74) is -0.171. The average molecular weight is 241 g/mol. The quantitative estimate of drug-likeness (QED) is 0.543. The van der Waals surface area contributed by atoms with Crippen molar-refractivity contribution in [2.75, 3.05) is 0 Å². The van der Waals surface area contributed by atoms with E-state index >= 15 is 0 Å². The zero-order valence-corrected chi connectivity index (χ0v) is 8.50. The number of hydrogen-bond acceptors (Lipinski definition) is 1. The lowest BCUT2D eigenvalue weighted by molar-refractivity contribution is 0.111. The number of benzene rings is 1. The van der Waals surface area contributed by atoms with Crippen LogP contribution in [0.3, 0.4) is 0 Å². The first-order valence-corrected chi connectivity index (χ1v) is 4.41. The van der Waals surface area contributed by atoms with Crippen molar-refractivity contribution in [3.8, 4) is 0 Å². The van der Waals surface area contributed by atoms with Gasteiger partial charge in [-0.15, -0.1) is 0 Å². The molecule has 0 spiro atoms. The number of carbonyl (C=O) groups excluding carboxylic acids is 1. The van der Waals surface area contributed by atoms with Crippen LogP contribution in [0.5, 0.6) is 0 Å². The molecule has 0 N–H and O–H groups in total. The standard InChI is InChI=1S/C8H4Cl3FO/c9-8(10,11)6-2-1-3-7(12)5(6)4-13/h1-4H. The van der Waals surface area contributed by atoms with Crippen molar-refractivity contribution in [3.05, 3.63) is 35.1 Å². The Labute approximate surface area is 89.4 Å². The Hall–Kier alpha value is -0.310. The van der Waals surface area contributed by atoms with Crippen molar-refractivity contribution in [1.29, 1.82) is 0 Å². The average Bonchev–Trinajstić information content (AvgIpc) is 2.02. The lowest BCUT2D eigenvalue weighted by Gasteiger charge is -2.13. The molecule has 5 heteroatoms. The molecule has 1 nitrogen and oxygen atoms in total. The summed E-state index contributed by atoms with van der Waals surface area (Å²) in [4.78, 5) is 10.5. The van der Waals surface area contributed by atoms with E-state index in [1.807, 2.05) is 0 Å². The van der Waals surface area contributed by atoms with Crippen molar-refractivity contribution in [3.63, 3.8) is 0 Å². The number of aldehydes is 1. The zero-order valence-electron chi connectivity index (χ0n) is 6.23. The molecule has 0 fully saturated rings. The molecule has 0 heterocycles. The Balaban J connectivity index is 3.37. The van der Waals surface area contributed by atoms with Crippen molar-refractivity contribution in [2.45, 2.75) is 3.79 Å². The van der Waals surface area contributed by atoms with E-state index in [0.29, 0.717) is 6.29 Å². The Bertz CT molecular complexity index is 333. The minimum Gasteiger partial charge on any atom is -0.298 e. The maximum atomic E-state index is 13.0. The monoisotopic (exact) mass is 240 g/mol. The number of rotatable bonds is 1. The first kappa shape index (κ1) is 10.8. The van der Waals surface area contributed by atoms with E-state index in [-0.39, 0.29) is 11.1 Å². The van der Waals surface area contributed by atoms with Crippen LogP contribution < -0.4 is 0 Å². The molecule has 0 aromatic heterocycles. The van der Waals surface area contributed by atoms with Gasteiger partial charge in [0.1, 0.15) is 5.82 Å². The van der Waals surface area contributed by atoms with Crippen LogP contribution in [0.15, 0.2) is 18.2 Å². The molecule has 0 aliphatic carbocycles. The van der Waals surface area contributed by atoms with Gasteiger partial charge in [-0.25, -0.2) is 4.39 Å². The maximum Gasteiger partial charge on any atom is 0.216 e. The molecule has 70 valence electrons. The third kappa shape index (κ3) is 2.33. The Morgan fingerprint density at radius 2 is 1.92 bits per heavy atom. The van der Waals surface area contributed by atoms with Gasteiger partial charge in [0.2, 0.25) is 3.79 Å².